The molecule has 0 unspecified atom stereocenters. The highest BCUT2D eigenvalue weighted by molar-refractivity contribution is 7.81. The van der Waals surface area contributed by atoms with E-state index in [4.69, 9.17) is 4.74 Å². The molecule has 1 aromatic rings. The first-order chi connectivity index (χ1) is 6.60. The van der Waals surface area contributed by atoms with Crippen LogP contribution in [0.4, 0.5) is 0 Å². The minimum Gasteiger partial charge on any atom is -0.496 e. The Kier molecular flexibility index (Phi) is 3.58. The fourth-order valence-electron chi connectivity index (χ4n) is 1.52. The van der Waals surface area contributed by atoms with Gasteiger partial charge < -0.3 is 4.74 Å². The van der Waals surface area contributed by atoms with E-state index < -0.39 is 0 Å². The molecule has 0 N–H and O–H groups in total. The van der Waals surface area contributed by atoms with Crippen LogP contribution in [0.2, 0.25) is 0 Å². The minimum atomic E-state index is -0.00279. The molecule has 0 atom stereocenters. The maximum Gasteiger partial charge on any atom is 0.176 e. The molecule has 0 saturated carbocycles. The number of Topliss-reactive ketones (excluding diaryl/α,β-unsaturated/α-hetero) is 1. The standard InChI is InChI=1S/C11H14O2S/c1-7-4-8(2)11(13-3)9(5-7)10(12)6-14/h4-5,14H,6H2,1-3H3. The summed E-state index contributed by atoms with van der Waals surface area (Å²) in [4.78, 5) is 11.5. The van der Waals surface area contributed by atoms with Crippen LogP contribution >= 0.6 is 12.6 Å². The van der Waals surface area contributed by atoms with Crippen LogP contribution in [0.5, 0.6) is 5.75 Å². The van der Waals surface area contributed by atoms with Crippen LogP contribution < -0.4 is 4.74 Å². The molecule has 0 aromatic heterocycles. The van der Waals surface area contributed by atoms with E-state index in [1.54, 1.807) is 7.11 Å². The van der Waals surface area contributed by atoms with Crippen molar-refractivity contribution in [1.29, 1.82) is 0 Å². The highest BCUT2D eigenvalue weighted by Crippen LogP contribution is 2.25. The number of hydrogen-bond acceptors (Lipinski definition) is 3. The van der Waals surface area contributed by atoms with Crippen LogP contribution in [0.15, 0.2) is 12.1 Å². The third kappa shape index (κ3) is 2.10. The molecule has 1 rings (SSSR count). The van der Waals surface area contributed by atoms with Gasteiger partial charge in [-0.05, 0) is 31.0 Å². The summed E-state index contributed by atoms with van der Waals surface area (Å²) in [5.41, 5.74) is 2.67. The van der Waals surface area contributed by atoms with Gasteiger partial charge in [0.2, 0.25) is 0 Å². The summed E-state index contributed by atoms with van der Waals surface area (Å²) >= 11 is 3.98. The molecule has 0 aliphatic rings. The van der Waals surface area contributed by atoms with Crippen molar-refractivity contribution in [2.45, 2.75) is 13.8 Å². The SMILES string of the molecule is COc1c(C)cc(C)cc1C(=O)CS. The zero-order chi connectivity index (χ0) is 10.7. The molecule has 0 heterocycles. The summed E-state index contributed by atoms with van der Waals surface area (Å²) in [5, 5.41) is 0. The van der Waals surface area contributed by atoms with Gasteiger partial charge in [-0.3, -0.25) is 4.79 Å². The number of carbonyl (C=O) groups is 1. The lowest BCUT2D eigenvalue weighted by Crippen LogP contribution is -2.05. The van der Waals surface area contributed by atoms with Crippen molar-refractivity contribution in [2.24, 2.45) is 0 Å². The first-order valence-corrected chi connectivity index (χ1v) is 5.02. The van der Waals surface area contributed by atoms with Gasteiger partial charge >= 0.3 is 0 Å². The second-order valence-electron chi connectivity index (χ2n) is 3.24. The molecule has 0 amide bonds. The van der Waals surface area contributed by atoms with E-state index in [2.05, 4.69) is 12.6 Å². The van der Waals surface area contributed by atoms with Gasteiger partial charge in [0.25, 0.3) is 0 Å². The largest absolute Gasteiger partial charge is 0.496 e. The molecule has 14 heavy (non-hydrogen) atoms. The van der Waals surface area contributed by atoms with Crippen LogP contribution in [0, 0.1) is 13.8 Å². The number of hydrogen-bond donors (Lipinski definition) is 1. The number of methoxy groups -OCH3 is 1. The van der Waals surface area contributed by atoms with Gasteiger partial charge in [-0.25, -0.2) is 0 Å². The third-order valence-electron chi connectivity index (χ3n) is 2.07. The first-order valence-electron chi connectivity index (χ1n) is 4.39. The number of carbonyl (C=O) groups excluding carboxylic acids is 1. The van der Waals surface area contributed by atoms with Crippen LogP contribution in [-0.2, 0) is 0 Å². The van der Waals surface area contributed by atoms with E-state index in [0.717, 1.165) is 11.1 Å². The predicted molar refractivity (Wildman–Crippen MR) is 60.7 cm³/mol. The molecule has 0 fully saturated rings. The lowest BCUT2D eigenvalue weighted by Gasteiger charge is -2.10. The molecule has 0 bridgehead atoms. The van der Waals surface area contributed by atoms with Crippen molar-refractivity contribution < 1.29 is 9.53 Å². The monoisotopic (exact) mass is 210 g/mol. The maximum absolute atomic E-state index is 11.5. The summed E-state index contributed by atoms with van der Waals surface area (Å²) < 4.78 is 5.20. The van der Waals surface area contributed by atoms with Crippen LogP contribution in [0.25, 0.3) is 0 Å². The van der Waals surface area contributed by atoms with Crippen molar-refractivity contribution >= 4 is 18.4 Å². The van der Waals surface area contributed by atoms with Gasteiger partial charge in [-0.1, -0.05) is 6.07 Å². The highest BCUT2D eigenvalue weighted by atomic mass is 32.1. The second-order valence-corrected chi connectivity index (χ2v) is 3.56. The summed E-state index contributed by atoms with van der Waals surface area (Å²) in [6.45, 7) is 3.89. The Labute approximate surface area is 89.7 Å². The average molecular weight is 210 g/mol. The predicted octanol–water partition coefficient (Wildman–Crippen LogP) is 2.42. The molecule has 0 aliphatic heterocycles. The molecular formula is C11H14O2S. The number of ketones is 1. The number of rotatable bonds is 3. The summed E-state index contributed by atoms with van der Waals surface area (Å²) in [7, 11) is 1.58. The van der Waals surface area contributed by atoms with E-state index in [0.29, 0.717) is 11.3 Å². The Morgan fingerprint density at radius 3 is 2.57 bits per heavy atom. The van der Waals surface area contributed by atoms with Gasteiger partial charge in [0.05, 0.1) is 18.4 Å². The lowest BCUT2D eigenvalue weighted by atomic mass is 10.0. The van der Waals surface area contributed by atoms with E-state index >= 15 is 0 Å². The van der Waals surface area contributed by atoms with Gasteiger partial charge in [0.15, 0.2) is 5.78 Å². The normalized spacial score (nSPS) is 10.0. The molecule has 2 nitrogen and oxygen atoms in total. The van der Waals surface area contributed by atoms with Crippen LogP contribution in [0.1, 0.15) is 21.5 Å². The number of aryl methyl sites for hydroxylation is 2. The minimum absolute atomic E-state index is 0.00279. The van der Waals surface area contributed by atoms with Crippen LogP contribution in [-0.4, -0.2) is 18.6 Å². The Morgan fingerprint density at radius 2 is 2.07 bits per heavy atom. The molecule has 76 valence electrons. The quantitative estimate of drug-likeness (QED) is 0.612. The first kappa shape index (κ1) is 11.1. The molecule has 0 radical (unpaired) electrons. The van der Waals surface area contributed by atoms with Crippen molar-refractivity contribution in [2.75, 3.05) is 12.9 Å². The van der Waals surface area contributed by atoms with E-state index in [-0.39, 0.29) is 11.5 Å². The summed E-state index contributed by atoms with van der Waals surface area (Å²) in [6, 6.07) is 3.83. The molecule has 1 aromatic carbocycles. The molecule has 3 heteroatoms. The van der Waals surface area contributed by atoms with Gasteiger partial charge in [0, 0.05) is 0 Å². The smallest absolute Gasteiger partial charge is 0.176 e. The highest BCUT2D eigenvalue weighted by Gasteiger charge is 2.13. The van der Waals surface area contributed by atoms with Crippen molar-refractivity contribution in [1.82, 2.24) is 0 Å². The molecule has 0 saturated heterocycles. The van der Waals surface area contributed by atoms with Crippen molar-refractivity contribution in [3.63, 3.8) is 0 Å². The molecule has 0 spiro atoms. The second kappa shape index (κ2) is 4.51. The lowest BCUT2D eigenvalue weighted by molar-refractivity contribution is 0.102. The number of ether oxygens (including phenoxy) is 1. The fourth-order valence-corrected chi connectivity index (χ4v) is 1.69. The number of thiol groups is 1. The summed E-state index contributed by atoms with van der Waals surface area (Å²) in [6.07, 6.45) is 0. The topological polar surface area (TPSA) is 26.3 Å². The van der Waals surface area contributed by atoms with Crippen LogP contribution in [0.3, 0.4) is 0 Å². The van der Waals surface area contributed by atoms with Gasteiger partial charge in [-0.2, -0.15) is 12.6 Å². The molecule has 0 aliphatic carbocycles. The Hall–Kier alpha value is -0.960. The van der Waals surface area contributed by atoms with Crippen molar-refractivity contribution in [3.8, 4) is 5.75 Å². The van der Waals surface area contributed by atoms with E-state index in [1.165, 1.54) is 0 Å². The fraction of sp³-hybridized carbons (Fsp3) is 0.364. The van der Waals surface area contributed by atoms with Gasteiger partial charge in [0.1, 0.15) is 5.75 Å². The Morgan fingerprint density at radius 1 is 1.43 bits per heavy atom. The Bertz CT molecular complexity index is 359. The average Bonchev–Trinajstić information content (AvgIpc) is 2.15. The van der Waals surface area contributed by atoms with E-state index in [9.17, 15) is 4.79 Å². The molecular weight excluding hydrogens is 196 g/mol. The zero-order valence-corrected chi connectivity index (χ0v) is 9.52. The Balaban J connectivity index is 3.32. The van der Waals surface area contributed by atoms with Crippen molar-refractivity contribution in [3.05, 3.63) is 28.8 Å². The maximum atomic E-state index is 11.5. The van der Waals surface area contributed by atoms with Gasteiger partial charge in [-0.15, -0.1) is 0 Å². The summed E-state index contributed by atoms with van der Waals surface area (Å²) in [5.74, 6) is 0.867. The third-order valence-corrected chi connectivity index (χ3v) is 2.35. The number of benzene rings is 1. The van der Waals surface area contributed by atoms with E-state index in [1.807, 2.05) is 26.0 Å². The zero-order valence-electron chi connectivity index (χ0n) is 8.63.